The van der Waals surface area contributed by atoms with Gasteiger partial charge in [0.2, 0.25) is 0 Å². The van der Waals surface area contributed by atoms with Crippen molar-refractivity contribution >= 4 is 17.3 Å². The zero-order chi connectivity index (χ0) is 16.1. The van der Waals surface area contributed by atoms with Crippen molar-refractivity contribution in [1.82, 2.24) is 15.5 Å². The molecule has 2 heterocycles. The maximum absolute atomic E-state index is 12.8. The molecule has 0 aromatic carbocycles. The van der Waals surface area contributed by atoms with Gasteiger partial charge in [-0.2, -0.15) is 0 Å². The third-order valence-electron chi connectivity index (χ3n) is 3.93. The Morgan fingerprint density at radius 3 is 2.43 bits per heavy atom. The Hall–Kier alpha value is -1.01. The molecular formula is C15H25N3O2S. The molecule has 1 aliphatic rings. The highest BCUT2D eigenvalue weighted by atomic mass is 32.1. The number of aromatic nitrogens is 2. The lowest BCUT2D eigenvalue weighted by Crippen LogP contribution is -2.48. The normalized spacial score (nSPS) is 28.6. The highest BCUT2D eigenvalue weighted by molar-refractivity contribution is 7.11. The van der Waals surface area contributed by atoms with Crippen LogP contribution in [-0.4, -0.2) is 33.9 Å². The molecule has 1 aromatic heterocycles. The largest absolute Gasteiger partial charge is 0.460 e. The van der Waals surface area contributed by atoms with E-state index in [9.17, 15) is 4.79 Å². The van der Waals surface area contributed by atoms with E-state index >= 15 is 0 Å². The second-order valence-electron chi connectivity index (χ2n) is 7.59. The van der Waals surface area contributed by atoms with Gasteiger partial charge < -0.3 is 10.1 Å². The molecular weight excluding hydrogens is 286 g/mol. The standard InChI is InChI=1S/C15H25N3O2S/c1-9-17-18-12(21-9)15(7)8-16-14(5,6)10(15)11(19)20-13(2,3)4/h10,16H,8H2,1-7H3/t10?,15-/m1/s1. The van der Waals surface area contributed by atoms with Crippen molar-refractivity contribution in [2.75, 3.05) is 6.54 Å². The van der Waals surface area contributed by atoms with Gasteiger partial charge in [-0.3, -0.25) is 4.79 Å². The fourth-order valence-electron chi connectivity index (χ4n) is 3.05. The summed E-state index contributed by atoms with van der Waals surface area (Å²) in [5, 5.41) is 13.7. The highest BCUT2D eigenvalue weighted by Crippen LogP contribution is 2.45. The van der Waals surface area contributed by atoms with Crippen LogP contribution in [0.4, 0.5) is 0 Å². The van der Waals surface area contributed by atoms with E-state index in [-0.39, 0.29) is 17.4 Å². The fraction of sp³-hybridized carbons (Fsp3) is 0.800. The van der Waals surface area contributed by atoms with Gasteiger partial charge in [0, 0.05) is 17.5 Å². The molecule has 6 heteroatoms. The molecule has 2 atom stereocenters. The smallest absolute Gasteiger partial charge is 0.312 e. The minimum Gasteiger partial charge on any atom is -0.460 e. The van der Waals surface area contributed by atoms with Gasteiger partial charge in [-0.25, -0.2) is 0 Å². The molecule has 0 amide bonds. The molecule has 0 saturated carbocycles. The van der Waals surface area contributed by atoms with Crippen LogP contribution in [0, 0.1) is 12.8 Å². The second-order valence-corrected chi connectivity index (χ2v) is 8.77. The van der Waals surface area contributed by atoms with E-state index in [0.717, 1.165) is 10.0 Å². The van der Waals surface area contributed by atoms with Gasteiger partial charge in [0.05, 0.1) is 5.92 Å². The number of esters is 1. The van der Waals surface area contributed by atoms with E-state index in [0.29, 0.717) is 6.54 Å². The Morgan fingerprint density at radius 1 is 1.33 bits per heavy atom. The average molecular weight is 311 g/mol. The molecule has 1 aromatic rings. The van der Waals surface area contributed by atoms with Gasteiger partial charge in [0.25, 0.3) is 0 Å². The van der Waals surface area contributed by atoms with Gasteiger partial charge >= 0.3 is 5.97 Å². The van der Waals surface area contributed by atoms with Crippen LogP contribution in [0.2, 0.25) is 0 Å². The Balaban J connectivity index is 2.39. The van der Waals surface area contributed by atoms with E-state index in [1.165, 1.54) is 0 Å². The first kappa shape index (κ1) is 16.4. The average Bonchev–Trinajstić information content (AvgIpc) is 2.80. The minimum atomic E-state index is -0.492. The number of rotatable bonds is 2. The molecule has 0 spiro atoms. The molecule has 1 aliphatic heterocycles. The molecule has 21 heavy (non-hydrogen) atoms. The molecule has 1 unspecified atom stereocenters. The first-order valence-electron chi connectivity index (χ1n) is 7.24. The minimum absolute atomic E-state index is 0.173. The van der Waals surface area contributed by atoms with Crippen molar-refractivity contribution in [2.45, 2.75) is 65.0 Å². The summed E-state index contributed by atoms with van der Waals surface area (Å²) in [6.07, 6.45) is 0. The van der Waals surface area contributed by atoms with E-state index in [1.54, 1.807) is 11.3 Å². The zero-order valence-electron chi connectivity index (χ0n) is 13.9. The second kappa shape index (κ2) is 5.02. The van der Waals surface area contributed by atoms with Crippen LogP contribution in [0.25, 0.3) is 0 Å². The monoisotopic (exact) mass is 311 g/mol. The van der Waals surface area contributed by atoms with Crippen LogP contribution < -0.4 is 5.32 Å². The number of nitrogens with zero attached hydrogens (tertiary/aromatic N) is 2. The van der Waals surface area contributed by atoms with Crippen LogP contribution in [-0.2, 0) is 14.9 Å². The Bertz CT molecular complexity index is 547. The number of carbonyl (C=O) groups is 1. The lowest BCUT2D eigenvalue weighted by atomic mass is 9.72. The predicted molar refractivity (Wildman–Crippen MR) is 83.4 cm³/mol. The van der Waals surface area contributed by atoms with Crippen molar-refractivity contribution in [3.05, 3.63) is 10.0 Å². The van der Waals surface area contributed by atoms with Gasteiger partial charge in [-0.1, -0.05) is 6.92 Å². The Kier molecular flexibility index (Phi) is 3.91. The third kappa shape index (κ3) is 3.11. The molecule has 1 N–H and O–H groups in total. The van der Waals surface area contributed by atoms with Crippen molar-refractivity contribution in [1.29, 1.82) is 0 Å². The summed E-state index contributed by atoms with van der Waals surface area (Å²) in [7, 11) is 0. The first-order valence-corrected chi connectivity index (χ1v) is 8.06. The number of hydrogen-bond donors (Lipinski definition) is 1. The summed E-state index contributed by atoms with van der Waals surface area (Å²) in [5.41, 5.74) is -1.22. The quantitative estimate of drug-likeness (QED) is 0.850. The van der Waals surface area contributed by atoms with Crippen LogP contribution in [0.15, 0.2) is 0 Å². The molecule has 1 saturated heterocycles. The van der Waals surface area contributed by atoms with E-state index in [2.05, 4.69) is 22.4 Å². The van der Waals surface area contributed by atoms with Crippen molar-refractivity contribution in [2.24, 2.45) is 5.92 Å². The summed E-state index contributed by atoms with van der Waals surface area (Å²) in [6, 6.07) is 0. The molecule has 2 rings (SSSR count). The van der Waals surface area contributed by atoms with E-state index in [1.807, 2.05) is 41.5 Å². The fourth-order valence-corrected chi connectivity index (χ4v) is 3.92. The molecule has 0 bridgehead atoms. The summed E-state index contributed by atoms with van der Waals surface area (Å²) in [4.78, 5) is 12.8. The summed E-state index contributed by atoms with van der Waals surface area (Å²) in [6.45, 7) is 14.5. The number of nitrogens with one attached hydrogen (secondary N) is 1. The summed E-state index contributed by atoms with van der Waals surface area (Å²) in [5.74, 6) is -0.468. The molecule has 0 radical (unpaired) electrons. The number of carbonyl (C=O) groups excluding carboxylic acids is 1. The number of aryl methyl sites for hydroxylation is 1. The van der Waals surface area contributed by atoms with Crippen molar-refractivity contribution in [3.63, 3.8) is 0 Å². The number of hydrogen-bond acceptors (Lipinski definition) is 6. The molecule has 118 valence electrons. The van der Waals surface area contributed by atoms with Gasteiger partial charge in [-0.15, -0.1) is 21.5 Å². The predicted octanol–water partition coefficient (Wildman–Crippen LogP) is 2.44. The molecule has 5 nitrogen and oxygen atoms in total. The Morgan fingerprint density at radius 2 is 1.95 bits per heavy atom. The topological polar surface area (TPSA) is 64.1 Å². The number of ether oxygens (including phenoxy) is 1. The SMILES string of the molecule is Cc1nnc([C@]2(C)CNC(C)(C)C2C(=O)OC(C)(C)C)s1. The summed E-state index contributed by atoms with van der Waals surface area (Å²) < 4.78 is 5.66. The first-order chi connectivity index (χ1) is 9.46. The summed E-state index contributed by atoms with van der Waals surface area (Å²) >= 11 is 1.55. The maximum atomic E-state index is 12.8. The van der Waals surface area contributed by atoms with Crippen LogP contribution >= 0.6 is 11.3 Å². The van der Waals surface area contributed by atoms with Crippen molar-refractivity contribution < 1.29 is 9.53 Å². The van der Waals surface area contributed by atoms with Crippen molar-refractivity contribution in [3.8, 4) is 0 Å². The van der Waals surface area contributed by atoms with Gasteiger partial charge in [0.15, 0.2) is 0 Å². The van der Waals surface area contributed by atoms with Crippen LogP contribution in [0.5, 0.6) is 0 Å². The van der Waals surface area contributed by atoms with Crippen LogP contribution in [0.1, 0.15) is 51.6 Å². The van der Waals surface area contributed by atoms with Gasteiger partial charge in [-0.05, 0) is 41.5 Å². The molecule has 1 fully saturated rings. The van der Waals surface area contributed by atoms with Crippen LogP contribution in [0.3, 0.4) is 0 Å². The van der Waals surface area contributed by atoms with E-state index < -0.39 is 11.0 Å². The van der Waals surface area contributed by atoms with E-state index in [4.69, 9.17) is 4.74 Å². The third-order valence-corrected chi connectivity index (χ3v) is 5.05. The lowest BCUT2D eigenvalue weighted by molar-refractivity contribution is -0.163. The van der Waals surface area contributed by atoms with Gasteiger partial charge in [0.1, 0.15) is 15.6 Å². The zero-order valence-corrected chi connectivity index (χ0v) is 14.7. The Labute approximate surface area is 130 Å². The highest BCUT2D eigenvalue weighted by Gasteiger charge is 2.57. The maximum Gasteiger partial charge on any atom is 0.312 e. The lowest BCUT2D eigenvalue weighted by Gasteiger charge is -2.35. The molecule has 0 aliphatic carbocycles.